The first-order chi connectivity index (χ1) is 9.51. The van der Waals surface area contributed by atoms with Crippen LogP contribution in [0, 0.1) is 0 Å². The van der Waals surface area contributed by atoms with Crippen molar-refractivity contribution in [1.29, 1.82) is 0 Å². The summed E-state index contributed by atoms with van der Waals surface area (Å²) in [6.07, 6.45) is 0. The molecule has 0 aliphatic heterocycles. The normalized spacial score (nSPS) is 11.6. The van der Waals surface area contributed by atoms with Crippen molar-refractivity contribution in [2.24, 2.45) is 0 Å². The first kappa shape index (κ1) is 14.4. The summed E-state index contributed by atoms with van der Waals surface area (Å²) in [5, 5.41) is 3.70. The SMILES string of the molecule is COc1ccc(COCC(C)(C)c2cc(N)no2)cc1. The average Bonchev–Trinajstić information content (AvgIpc) is 2.87. The summed E-state index contributed by atoms with van der Waals surface area (Å²) in [5.74, 6) is 1.96. The van der Waals surface area contributed by atoms with E-state index in [-0.39, 0.29) is 5.41 Å². The topological polar surface area (TPSA) is 70.5 Å². The first-order valence-corrected chi connectivity index (χ1v) is 6.44. The van der Waals surface area contributed by atoms with Crippen LogP contribution in [0.1, 0.15) is 25.2 Å². The number of hydrogen-bond donors (Lipinski definition) is 1. The number of nitrogens with two attached hydrogens (primary N) is 1. The fourth-order valence-electron chi connectivity index (χ4n) is 1.82. The molecule has 2 N–H and O–H groups in total. The van der Waals surface area contributed by atoms with Gasteiger partial charge in [0.1, 0.15) is 11.5 Å². The number of hydrogen-bond acceptors (Lipinski definition) is 5. The Bertz CT molecular complexity index is 547. The highest BCUT2D eigenvalue weighted by Crippen LogP contribution is 2.25. The van der Waals surface area contributed by atoms with Crippen LogP contribution >= 0.6 is 0 Å². The molecule has 0 saturated heterocycles. The molecule has 0 fully saturated rings. The summed E-state index contributed by atoms with van der Waals surface area (Å²) in [6, 6.07) is 9.54. The fourth-order valence-corrected chi connectivity index (χ4v) is 1.82. The van der Waals surface area contributed by atoms with Gasteiger partial charge in [0.2, 0.25) is 0 Å². The maximum atomic E-state index is 5.75. The lowest BCUT2D eigenvalue weighted by atomic mass is 9.91. The van der Waals surface area contributed by atoms with Crippen molar-refractivity contribution in [1.82, 2.24) is 5.16 Å². The number of rotatable bonds is 6. The van der Waals surface area contributed by atoms with Gasteiger partial charge in [-0.1, -0.05) is 31.1 Å². The Morgan fingerprint density at radius 1 is 1.25 bits per heavy atom. The molecule has 0 radical (unpaired) electrons. The smallest absolute Gasteiger partial charge is 0.167 e. The number of aromatic nitrogens is 1. The Morgan fingerprint density at radius 3 is 2.50 bits per heavy atom. The molecule has 0 amide bonds. The van der Waals surface area contributed by atoms with Gasteiger partial charge in [-0.2, -0.15) is 0 Å². The van der Waals surface area contributed by atoms with Crippen LogP contribution < -0.4 is 10.5 Å². The quantitative estimate of drug-likeness (QED) is 0.878. The molecule has 0 aliphatic carbocycles. The van der Waals surface area contributed by atoms with Crippen molar-refractivity contribution < 1.29 is 14.0 Å². The van der Waals surface area contributed by atoms with E-state index >= 15 is 0 Å². The Balaban J connectivity index is 1.88. The monoisotopic (exact) mass is 276 g/mol. The number of ether oxygens (including phenoxy) is 2. The molecule has 2 rings (SSSR count). The Morgan fingerprint density at radius 2 is 1.95 bits per heavy atom. The Kier molecular flexibility index (Phi) is 4.29. The van der Waals surface area contributed by atoms with E-state index in [1.165, 1.54) is 0 Å². The third-order valence-electron chi connectivity index (χ3n) is 3.09. The van der Waals surface area contributed by atoms with Gasteiger partial charge in [0.25, 0.3) is 0 Å². The summed E-state index contributed by atoms with van der Waals surface area (Å²) in [4.78, 5) is 0. The molecule has 0 saturated carbocycles. The lowest BCUT2D eigenvalue weighted by molar-refractivity contribution is 0.0724. The van der Waals surface area contributed by atoms with Crippen molar-refractivity contribution in [3.8, 4) is 5.75 Å². The molecule has 108 valence electrons. The summed E-state index contributed by atoms with van der Waals surface area (Å²) in [6.45, 7) is 5.12. The number of nitrogens with zero attached hydrogens (tertiary/aromatic N) is 1. The van der Waals surface area contributed by atoms with Crippen molar-refractivity contribution in [2.75, 3.05) is 19.5 Å². The minimum Gasteiger partial charge on any atom is -0.497 e. The summed E-state index contributed by atoms with van der Waals surface area (Å²) in [7, 11) is 1.65. The van der Waals surface area contributed by atoms with E-state index in [1.807, 2.05) is 38.1 Å². The van der Waals surface area contributed by atoms with Crippen LogP contribution in [-0.4, -0.2) is 18.9 Å². The zero-order valence-corrected chi connectivity index (χ0v) is 12.1. The van der Waals surface area contributed by atoms with Crippen LogP contribution in [0.5, 0.6) is 5.75 Å². The Hall–Kier alpha value is -2.01. The molecule has 2 aromatic rings. The minimum atomic E-state index is -0.267. The second kappa shape index (κ2) is 5.96. The zero-order valence-electron chi connectivity index (χ0n) is 12.1. The van der Waals surface area contributed by atoms with Gasteiger partial charge in [0.05, 0.1) is 20.3 Å². The van der Waals surface area contributed by atoms with Crippen LogP contribution in [-0.2, 0) is 16.8 Å². The predicted molar refractivity (Wildman–Crippen MR) is 76.6 cm³/mol. The molecule has 0 atom stereocenters. The zero-order chi connectivity index (χ0) is 14.6. The van der Waals surface area contributed by atoms with Crippen molar-refractivity contribution in [3.63, 3.8) is 0 Å². The summed E-state index contributed by atoms with van der Waals surface area (Å²) < 4.78 is 16.1. The first-order valence-electron chi connectivity index (χ1n) is 6.44. The number of nitrogen functional groups attached to an aromatic ring is 1. The summed E-state index contributed by atoms with van der Waals surface area (Å²) >= 11 is 0. The van der Waals surface area contributed by atoms with Crippen molar-refractivity contribution in [3.05, 3.63) is 41.7 Å². The largest absolute Gasteiger partial charge is 0.497 e. The van der Waals surface area contributed by atoms with Crippen LogP contribution in [0.25, 0.3) is 0 Å². The molecule has 0 spiro atoms. The number of anilines is 1. The third-order valence-corrected chi connectivity index (χ3v) is 3.09. The second-order valence-electron chi connectivity index (χ2n) is 5.34. The maximum absolute atomic E-state index is 5.75. The number of benzene rings is 1. The van der Waals surface area contributed by atoms with Gasteiger partial charge in [-0.3, -0.25) is 0 Å². The predicted octanol–water partition coefficient (Wildman–Crippen LogP) is 2.76. The number of methoxy groups -OCH3 is 1. The summed E-state index contributed by atoms with van der Waals surface area (Å²) in [5.41, 5.74) is 6.39. The molecule has 0 aliphatic rings. The molecule has 1 heterocycles. The molecule has 1 aromatic carbocycles. The van der Waals surface area contributed by atoms with Gasteiger partial charge in [-0.25, -0.2) is 0 Å². The van der Waals surface area contributed by atoms with Crippen LogP contribution in [0.15, 0.2) is 34.9 Å². The fraction of sp³-hybridized carbons (Fsp3) is 0.400. The molecule has 0 bridgehead atoms. The van der Waals surface area contributed by atoms with E-state index in [0.717, 1.165) is 17.1 Å². The highest BCUT2D eigenvalue weighted by atomic mass is 16.5. The van der Waals surface area contributed by atoms with Gasteiger partial charge in [-0.15, -0.1) is 0 Å². The molecule has 5 heteroatoms. The third kappa shape index (κ3) is 3.51. The standard InChI is InChI=1S/C15H20N2O3/c1-15(2,13-8-14(16)17-20-13)10-19-9-11-4-6-12(18-3)7-5-11/h4-8H,9-10H2,1-3H3,(H2,16,17). The lowest BCUT2D eigenvalue weighted by Gasteiger charge is -2.20. The van der Waals surface area contributed by atoms with Gasteiger partial charge in [0.15, 0.2) is 5.82 Å². The average molecular weight is 276 g/mol. The van der Waals surface area contributed by atoms with Gasteiger partial charge in [-0.05, 0) is 17.7 Å². The van der Waals surface area contributed by atoms with Crippen LogP contribution in [0.4, 0.5) is 5.82 Å². The maximum Gasteiger partial charge on any atom is 0.167 e. The van der Waals surface area contributed by atoms with Gasteiger partial charge in [0, 0.05) is 11.5 Å². The Labute approximate surface area is 118 Å². The van der Waals surface area contributed by atoms with Crippen molar-refractivity contribution >= 4 is 5.82 Å². The lowest BCUT2D eigenvalue weighted by Crippen LogP contribution is -2.23. The molecule has 0 unspecified atom stereocenters. The second-order valence-corrected chi connectivity index (χ2v) is 5.34. The molecular formula is C15H20N2O3. The van der Waals surface area contributed by atoms with E-state index in [9.17, 15) is 0 Å². The highest BCUT2D eigenvalue weighted by molar-refractivity contribution is 5.30. The van der Waals surface area contributed by atoms with E-state index in [1.54, 1.807) is 13.2 Å². The van der Waals surface area contributed by atoms with E-state index < -0.39 is 0 Å². The minimum absolute atomic E-state index is 0.267. The molecule has 20 heavy (non-hydrogen) atoms. The van der Waals surface area contributed by atoms with E-state index in [0.29, 0.717) is 19.0 Å². The van der Waals surface area contributed by atoms with E-state index in [2.05, 4.69) is 5.16 Å². The van der Waals surface area contributed by atoms with Gasteiger partial charge >= 0.3 is 0 Å². The highest BCUT2D eigenvalue weighted by Gasteiger charge is 2.25. The van der Waals surface area contributed by atoms with Gasteiger partial charge < -0.3 is 19.7 Å². The van der Waals surface area contributed by atoms with Crippen molar-refractivity contribution in [2.45, 2.75) is 25.9 Å². The van der Waals surface area contributed by atoms with E-state index in [4.69, 9.17) is 19.7 Å². The molecule has 5 nitrogen and oxygen atoms in total. The molecular weight excluding hydrogens is 256 g/mol. The van der Waals surface area contributed by atoms with Crippen LogP contribution in [0.3, 0.4) is 0 Å². The molecule has 1 aromatic heterocycles. The van der Waals surface area contributed by atoms with Crippen LogP contribution in [0.2, 0.25) is 0 Å².